The van der Waals surface area contributed by atoms with Crippen LogP contribution in [0.2, 0.25) is 5.02 Å². The SMILES string of the molecule is CSCCC(NC(=O)OC(C)(C)C)C(=O)N(C(C)C)C(C(=O)Nc1c(C)cccc1Cl)c1ccc(O)c(C)c1. The van der Waals surface area contributed by atoms with E-state index in [1.54, 1.807) is 63.7 Å². The van der Waals surface area contributed by atoms with E-state index in [1.807, 2.05) is 33.1 Å². The molecular weight excluding hydrogens is 538 g/mol. The summed E-state index contributed by atoms with van der Waals surface area (Å²) in [5.74, 6) is -0.218. The number of halogens is 1. The number of anilines is 1. The number of benzene rings is 2. The van der Waals surface area contributed by atoms with Crippen LogP contribution >= 0.6 is 23.4 Å². The Hall–Kier alpha value is -2.91. The smallest absolute Gasteiger partial charge is 0.408 e. The number of carbonyl (C=O) groups is 3. The first-order valence-corrected chi connectivity index (χ1v) is 14.6. The summed E-state index contributed by atoms with van der Waals surface area (Å²) in [6.07, 6.45) is 1.55. The highest BCUT2D eigenvalue weighted by Gasteiger charge is 2.38. The number of alkyl carbamates (subject to hydrolysis) is 1. The average Bonchev–Trinajstić information content (AvgIpc) is 2.82. The lowest BCUT2D eigenvalue weighted by molar-refractivity contribution is -0.143. The molecule has 8 nitrogen and oxygen atoms in total. The Bertz CT molecular complexity index is 1160. The number of ether oxygens (including phenoxy) is 1. The largest absolute Gasteiger partial charge is 0.508 e. The summed E-state index contributed by atoms with van der Waals surface area (Å²) in [4.78, 5) is 42.2. The van der Waals surface area contributed by atoms with Crippen molar-refractivity contribution in [3.8, 4) is 5.75 Å². The minimum absolute atomic E-state index is 0.0757. The third kappa shape index (κ3) is 9.07. The second-order valence-electron chi connectivity index (χ2n) is 10.7. The zero-order valence-electron chi connectivity index (χ0n) is 23.9. The van der Waals surface area contributed by atoms with Crippen molar-refractivity contribution in [2.75, 3.05) is 17.3 Å². The van der Waals surface area contributed by atoms with Gasteiger partial charge in [0.1, 0.15) is 23.4 Å². The number of thioether (sulfide) groups is 1. The number of nitrogens with one attached hydrogen (secondary N) is 2. The number of rotatable bonds is 10. The molecule has 0 aliphatic rings. The molecule has 0 saturated heterocycles. The number of phenolic OH excluding ortho intramolecular Hbond substituents is 1. The molecule has 2 aromatic rings. The van der Waals surface area contributed by atoms with Gasteiger partial charge in [-0.1, -0.05) is 29.8 Å². The number of hydrogen-bond donors (Lipinski definition) is 3. The van der Waals surface area contributed by atoms with E-state index in [2.05, 4.69) is 10.6 Å². The Balaban J connectivity index is 2.58. The average molecular weight is 578 g/mol. The minimum atomic E-state index is -1.08. The summed E-state index contributed by atoms with van der Waals surface area (Å²) in [6, 6.07) is 7.67. The van der Waals surface area contributed by atoms with Crippen molar-refractivity contribution in [2.45, 2.75) is 78.6 Å². The van der Waals surface area contributed by atoms with Crippen LogP contribution in [-0.4, -0.2) is 57.6 Å². The summed E-state index contributed by atoms with van der Waals surface area (Å²) in [7, 11) is 0. The summed E-state index contributed by atoms with van der Waals surface area (Å²) < 4.78 is 5.42. The van der Waals surface area contributed by atoms with Crippen LogP contribution in [0.4, 0.5) is 10.5 Å². The van der Waals surface area contributed by atoms with Crippen LogP contribution in [0.1, 0.15) is 63.8 Å². The molecule has 0 fully saturated rings. The topological polar surface area (TPSA) is 108 Å². The zero-order valence-corrected chi connectivity index (χ0v) is 25.5. The Kier molecular flexibility index (Phi) is 11.5. The predicted molar refractivity (Wildman–Crippen MR) is 159 cm³/mol. The molecule has 0 heterocycles. The summed E-state index contributed by atoms with van der Waals surface area (Å²) in [6.45, 7) is 12.4. The van der Waals surface area contributed by atoms with Gasteiger partial charge in [-0.3, -0.25) is 9.59 Å². The van der Waals surface area contributed by atoms with Gasteiger partial charge in [-0.25, -0.2) is 4.79 Å². The molecule has 214 valence electrons. The Morgan fingerprint density at radius 2 is 1.77 bits per heavy atom. The molecule has 3 amide bonds. The number of carbonyl (C=O) groups excluding carboxylic acids is 3. The molecule has 0 aliphatic carbocycles. The fourth-order valence-electron chi connectivity index (χ4n) is 4.07. The summed E-state index contributed by atoms with van der Waals surface area (Å²) in [5, 5.41) is 16.1. The molecule has 2 rings (SSSR count). The van der Waals surface area contributed by atoms with E-state index >= 15 is 0 Å². The lowest BCUT2D eigenvalue weighted by Gasteiger charge is -2.37. The van der Waals surface area contributed by atoms with Crippen LogP contribution in [-0.2, 0) is 14.3 Å². The standard InChI is InChI=1S/C29H40ClN3O5S/c1-17(2)33(27(36)22(14-15-39-8)31-28(37)38-29(5,6)7)25(20-12-13-23(34)19(4)16-20)26(35)32-24-18(3)10-9-11-21(24)30/h9-13,16-17,22,25,34H,14-15H2,1-8H3,(H,31,37)(H,32,35). The van der Waals surface area contributed by atoms with Crippen molar-refractivity contribution in [2.24, 2.45) is 0 Å². The van der Waals surface area contributed by atoms with Gasteiger partial charge < -0.3 is 25.4 Å². The van der Waals surface area contributed by atoms with Crippen LogP contribution in [0.3, 0.4) is 0 Å². The van der Waals surface area contributed by atoms with Gasteiger partial charge in [0.15, 0.2) is 0 Å². The molecule has 0 saturated carbocycles. The van der Waals surface area contributed by atoms with Gasteiger partial charge in [-0.05, 0) is 102 Å². The molecule has 3 N–H and O–H groups in total. The highest BCUT2D eigenvalue weighted by Crippen LogP contribution is 2.32. The number of aryl methyl sites for hydroxylation is 2. The number of phenols is 1. The first-order chi connectivity index (χ1) is 18.2. The third-order valence-electron chi connectivity index (χ3n) is 5.94. The fraction of sp³-hybridized carbons (Fsp3) is 0.483. The number of hydrogen-bond acceptors (Lipinski definition) is 6. The quantitative estimate of drug-likeness (QED) is 0.309. The Morgan fingerprint density at radius 1 is 1.10 bits per heavy atom. The maximum Gasteiger partial charge on any atom is 0.408 e. The lowest BCUT2D eigenvalue weighted by Crippen LogP contribution is -2.54. The van der Waals surface area contributed by atoms with Gasteiger partial charge in [0.05, 0.1) is 10.7 Å². The van der Waals surface area contributed by atoms with Crippen molar-refractivity contribution < 1.29 is 24.2 Å². The molecule has 0 aromatic heterocycles. The van der Waals surface area contributed by atoms with Crippen LogP contribution in [0.25, 0.3) is 0 Å². The monoisotopic (exact) mass is 577 g/mol. The van der Waals surface area contributed by atoms with E-state index in [-0.39, 0.29) is 5.75 Å². The second kappa shape index (κ2) is 13.9. The van der Waals surface area contributed by atoms with E-state index < -0.39 is 41.6 Å². The molecule has 0 aliphatic heterocycles. The maximum absolute atomic E-state index is 14.1. The molecule has 10 heteroatoms. The first-order valence-electron chi connectivity index (χ1n) is 12.8. The van der Waals surface area contributed by atoms with Crippen molar-refractivity contribution in [1.82, 2.24) is 10.2 Å². The third-order valence-corrected chi connectivity index (χ3v) is 6.90. The van der Waals surface area contributed by atoms with Gasteiger partial charge in [0, 0.05) is 6.04 Å². The van der Waals surface area contributed by atoms with Gasteiger partial charge in [0.2, 0.25) is 5.91 Å². The Labute approximate surface area is 240 Å². The number of para-hydroxylation sites is 1. The molecular formula is C29H40ClN3O5S. The molecule has 2 aromatic carbocycles. The van der Waals surface area contributed by atoms with Crippen LogP contribution in [0.15, 0.2) is 36.4 Å². The normalized spacial score (nSPS) is 13.0. The molecule has 0 radical (unpaired) electrons. The van der Waals surface area contributed by atoms with E-state index in [4.69, 9.17) is 16.3 Å². The van der Waals surface area contributed by atoms with Gasteiger partial charge in [0.25, 0.3) is 5.91 Å². The lowest BCUT2D eigenvalue weighted by atomic mass is 9.98. The van der Waals surface area contributed by atoms with Crippen molar-refractivity contribution >= 4 is 47.0 Å². The summed E-state index contributed by atoms with van der Waals surface area (Å²) in [5.41, 5.74) is 1.54. The highest BCUT2D eigenvalue weighted by molar-refractivity contribution is 7.98. The number of aromatic hydroxyl groups is 1. The predicted octanol–water partition coefficient (Wildman–Crippen LogP) is 6.23. The van der Waals surface area contributed by atoms with Gasteiger partial charge >= 0.3 is 6.09 Å². The fourth-order valence-corrected chi connectivity index (χ4v) is 4.81. The van der Waals surface area contributed by atoms with E-state index in [1.165, 1.54) is 11.0 Å². The molecule has 2 atom stereocenters. The number of nitrogens with zero attached hydrogens (tertiary/aromatic N) is 1. The first kappa shape index (κ1) is 32.3. The van der Waals surface area contributed by atoms with Crippen LogP contribution in [0.5, 0.6) is 5.75 Å². The van der Waals surface area contributed by atoms with E-state index in [0.717, 1.165) is 5.56 Å². The molecule has 39 heavy (non-hydrogen) atoms. The van der Waals surface area contributed by atoms with E-state index in [9.17, 15) is 19.5 Å². The zero-order chi connectivity index (χ0) is 29.5. The molecule has 0 spiro atoms. The second-order valence-corrected chi connectivity index (χ2v) is 12.1. The van der Waals surface area contributed by atoms with Crippen molar-refractivity contribution in [3.05, 3.63) is 58.1 Å². The highest BCUT2D eigenvalue weighted by atomic mass is 35.5. The molecule has 0 bridgehead atoms. The van der Waals surface area contributed by atoms with Crippen LogP contribution in [0, 0.1) is 13.8 Å². The minimum Gasteiger partial charge on any atom is -0.508 e. The number of amides is 3. The maximum atomic E-state index is 14.1. The summed E-state index contributed by atoms with van der Waals surface area (Å²) >= 11 is 7.94. The Morgan fingerprint density at radius 3 is 2.31 bits per heavy atom. The van der Waals surface area contributed by atoms with E-state index in [0.29, 0.717) is 34.0 Å². The van der Waals surface area contributed by atoms with Gasteiger partial charge in [-0.15, -0.1) is 0 Å². The molecule has 2 unspecified atom stereocenters. The van der Waals surface area contributed by atoms with Crippen molar-refractivity contribution in [1.29, 1.82) is 0 Å². The van der Waals surface area contributed by atoms with Crippen molar-refractivity contribution in [3.63, 3.8) is 0 Å². The van der Waals surface area contributed by atoms with Crippen LogP contribution < -0.4 is 10.6 Å². The van der Waals surface area contributed by atoms with Gasteiger partial charge in [-0.2, -0.15) is 11.8 Å².